The zero-order valence-corrected chi connectivity index (χ0v) is 23.4. The van der Waals surface area contributed by atoms with Gasteiger partial charge in [-0.2, -0.15) is 0 Å². The van der Waals surface area contributed by atoms with Crippen molar-refractivity contribution in [2.75, 3.05) is 45.6 Å². The Bertz CT molecular complexity index is 1410. The summed E-state index contributed by atoms with van der Waals surface area (Å²) in [5.41, 5.74) is 0.884. The van der Waals surface area contributed by atoms with E-state index in [9.17, 15) is 18.8 Å². The molecular weight excluding hydrogens is 535 g/mol. The smallest absolute Gasteiger partial charge is 0.319 e. The molecule has 1 saturated heterocycles. The van der Waals surface area contributed by atoms with Crippen molar-refractivity contribution in [2.45, 2.75) is 31.7 Å². The van der Waals surface area contributed by atoms with Crippen LogP contribution < -0.4 is 20.7 Å². The summed E-state index contributed by atoms with van der Waals surface area (Å²) in [6.07, 6.45) is 4.95. The maximum atomic E-state index is 14.9. The molecule has 1 aliphatic carbocycles. The van der Waals surface area contributed by atoms with Gasteiger partial charge in [0.25, 0.3) is 5.91 Å². The van der Waals surface area contributed by atoms with Gasteiger partial charge >= 0.3 is 6.03 Å². The van der Waals surface area contributed by atoms with E-state index in [1.165, 1.54) is 23.5 Å². The van der Waals surface area contributed by atoms with E-state index in [1.807, 2.05) is 19.0 Å². The number of benzene rings is 1. The number of ether oxygens (including phenoxy) is 1. The number of piperidine rings is 1. The van der Waals surface area contributed by atoms with Gasteiger partial charge in [-0.3, -0.25) is 14.6 Å². The van der Waals surface area contributed by atoms with Crippen molar-refractivity contribution in [3.8, 4) is 11.5 Å². The van der Waals surface area contributed by atoms with Gasteiger partial charge in [-0.15, -0.1) is 11.3 Å². The molecule has 1 unspecified atom stereocenters. The maximum absolute atomic E-state index is 14.9. The van der Waals surface area contributed by atoms with Crippen molar-refractivity contribution in [1.82, 2.24) is 25.4 Å². The highest BCUT2D eigenvalue weighted by Crippen LogP contribution is 2.37. The summed E-state index contributed by atoms with van der Waals surface area (Å²) < 4.78 is 21.4. The standard InChI is InChI=1S/C28H33FN6O4S/c1-34(2)13-11-31-26(36)17-4-3-12-35(16-17)27(37)24-15-21-25(40-24)23(9-10-30-21)39-22-8-7-19(14-20(22)29)33-28(38)32-18-5-6-18/h7-10,14-15,17-18H,3-6,11-13,16H2,1-2H3,(H,31,36)(H2,32,33,38). The molecular formula is C28H33FN6O4S. The second-order valence-electron chi connectivity index (χ2n) is 10.4. The van der Waals surface area contributed by atoms with Gasteiger partial charge in [0.2, 0.25) is 5.91 Å². The van der Waals surface area contributed by atoms with Gasteiger partial charge in [0, 0.05) is 56.2 Å². The largest absolute Gasteiger partial charge is 0.453 e. The van der Waals surface area contributed by atoms with Gasteiger partial charge in [-0.1, -0.05) is 0 Å². The number of hydrogen-bond acceptors (Lipinski definition) is 7. The lowest BCUT2D eigenvalue weighted by Gasteiger charge is -2.31. The third kappa shape index (κ3) is 6.86. The first-order valence-electron chi connectivity index (χ1n) is 13.4. The molecule has 0 radical (unpaired) electrons. The molecule has 3 heterocycles. The fourth-order valence-corrected chi connectivity index (χ4v) is 5.57. The van der Waals surface area contributed by atoms with E-state index in [4.69, 9.17) is 4.74 Å². The topological polar surface area (TPSA) is 116 Å². The Morgan fingerprint density at radius 1 is 1.15 bits per heavy atom. The molecule has 4 amide bonds. The van der Waals surface area contributed by atoms with Gasteiger partial charge in [0.05, 0.1) is 21.0 Å². The number of carbonyl (C=O) groups excluding carboxylic acids is 3. The first-order chi connectivity index (χ1) is 19.3. The molecule has 10 nitrogen and oxygen atoms in total. The van der Waals surface area contributed by atoms with Crippen LogP contribution in [0.4, 0.5) is 14.9 Å². The number of nitrogens with zero attached hydrogens (tertiary/aromatic N) is 3. The molecule has 1 atom stereocenters. The zero-order valence-electron chi connectivity index (χ0n) is 22.5. The van der Waals surface area contributed by atoms with Gasteiger partial charge in [-0.25, -0.2) is 9.18 Å². The molecule has 1 aromatic carbocycles. The van der Waals surface area contributed by atoms with E-state index in [0.717, 1.165) is 32.2 Å². The lowest BCUT2D eigenvalue weighted by molar-refractivity contribution is -0.126. The van der Waals surface area contributed by atoms with E-state index in [0.29, 0.717) is 46.2 Å². The number of carbonyl (C=O) groups is 3. The number of likely N-dealkylation sites (tertiary alicyclic amines) is 1. The summed E-state index contributed by atoms with van der Waals surface area (Å²) in [5.74, 6) is -0.708. The number of aromatic nitrogens is 1. The predicted molar refractivity (Wildman–Crippen MR) is 151 cm³/mol. The van der Waals surface area contributed by atoms with Crippen LogP contribution >= 0.6 is 11.3 Å². The van der Waals surface area contributed by atoms with Crippen LogP contribution in [-0.2, 0) is 4.79 Å². The number of nitrogens with one attached hydrogen (secondary N) is 3. The third-order valence-corrected chi connectivity index (χ3v) is 7.97. The molecule has 5 rings (SSSR count). The highest BCUT2D eigenvalue weighted by Gasteiger charge is 2.30. The van der Waals surface area contributed by atoms with Crippen molar-refractivity contribution in [3.63, 3.8) is 0 Å². The fraction of sp³-hybridized carbons (Fsp3) is 0.429. The van der Waals surface area contributed by atoms with Crippen LogP contribution in [0.25, 0.3) is 10.2 Å². The first kappa shape index (κ1) is 27.8. The Hall–Kier alpha value is -3.77. The highest BCUT2D eigenvalue weighted by atomic mass is 32.1. The Kier molecular flexibility index (Phi) is 8.46. The number of likely N-dealkylation sites (N-methyl/N-ethyl adjacent to an activating group) is 1. The van der Waals surface area contributed by atoms with E-state index < -0.39 is 5.82 Å². The van der Waals surface area contributed by atoms with Crippen LogP contribution in [0, 0.1) is 11.7 Å². The minimum absolute atomic E-state index is 0.0129. The summed E-state index contributed by atoms with van der Waals surface area (Å²) >= 11 is 1.23. The lowest BCUT2D eigenvalue weighted by atomic mass is 9.97. The average molecular weight is 569 g/mol. The minimum Gasteiger partial charge on any atom is -0.453 e. The summed E-state index contributed by atoms with van der Waals surface area (Å²) in [7, 11) is 3.90. The monoisotopic (exact) mass is 568 g/mol. The number of fused-ring (bicyclic) bond motifs is 1. The zero-order chi connectivity index (χ0) is 28.2. The summed E-state index contributed by atoms with van der Waals surface area (Å²) in [5, 5.41) is 8.38. The molecule has 3 aromatic rings. The number of thiophene rings is 1. The highest BCUT2D eigenvalue weighted by molar-refractivity contribution is 7.21. The normalized spacial score (nSPS) is 17.1. The molecule has 12 heteroatoms. The Morgan fingerprint density at radius 2 is 1.98 bits per heavy atom. The van der Waals surface area contributed by atoms with Crippen molar-refractivity contribution in [1.29, 1.82) is 0 Å². The Labute approximate surface area is 235 Å². The molecule has 40 heavy (non-hydrogen) atoms. The average Bonchev–Trinajstić information content (AvgIpc) is 3.63. The quantitative estimate of drug-likeness (QED) is 0.359. The van der Waals surface area contributed by atoms with Gasteiger partial charge in [-0.05, 0) is 58.0 Å². The van der Waals surface area contributed by atoms with Gasteiger partial charge < -0.3 is 30.5 Å². The molecule has 212 valence electrons. The summed E-state index contributed by atoms with van der Waals surface area (Å²) in [6, 6.07) is 7.37. The number of urea groups is 1. The van der Waals surface area contributed by atoms with Crippen LogP contribution in [0.2, 0.25) is 0 Å². The summed E-state index contributed by atoms with van der Waals surface area (Å²) in [6.45, 7) is 2.26. The van der Waals surface area contributed by atoms with E-state index in [2.05, 4.69) is 20.9 Å². The number of pyridine rings is 1. The van der Waals surface area contributed by atoms with E-state index in [1.54, 1.807) is 29.3 Å². The van der Waals surface area contributed by atoms with Crippen LogP contribution in [0.1, 0.15) is 35.4 Å². The van der Waals surface area contributed by atoms with Crippen molar-refractivity contribution in [3.05, 3.63) is 47.2 Å². The maximum Gasteiger partial charge on any atom is 0.319 e. The molecule has 0 spiro atoms. The molecule has 2 fully saturated rings. The molecule has 2 aromatic heterocycles. The van der Waals surface area contributed by atoms with E-state index in [-0.39, 0.29) is 35.6 Å². The SMILES string of the molecule is CN(C)CCNC(=O)C1CCCN(C(=O)c2cc3nccc(Oc4ccc(NC(=O)NC5CC5)cc4F)c3s2)C1. The number of halogens is 1. The Morgan fingerprint density at radius 3 is 2.73 bits per heavy atom. The fourth-order valence-electron chi connectivity index (χ4n) is 4.54. The molecule has 3 N–H and O–H groups in total. The van der Waals surface area contributed by atoms with Crippen LogP contribution in [0.5, 0.6) is 11.5 Å². The number of amides is 4. The van der Waals surface area contributed by atoms with E-state index >= 15 is 0 Å². The van der Waals surface area contributed by atoms with Crippen molar-refractivity contribution in [2.24, 2.45) is 5.92 Å². The van der Waals surface area contributed by atoms with Crippen LogP contribution in [-0.4, -0.2) is 78.9 Å². The molecule has 2 aliphatic rings. The molecule has 1 aliphatic heterocycles. The second kappa shape index (κ2) is 12.2. The number of anilines is 1. The summed E-state index contributed by atoms with van der Waals surface area (Å²) in [4.78, 5) is 46.5. The minimum atomic E-state index is -0.634. The van der Waals surface area contributed by atoms with Crippen molar-refractivity contribution >= 4 is 45.1 Å². The number of hydrogen-bond donors (Lipinski definition) is 3. The first-order valence-corrected chi connectivity index (χ1v) is 14.2. The van der Waals surface area contributed by atoms with Gasteiger partial charge in [0.1, 0.15) is 5.75 Å². The third-order valence-electron chi connectivity index (χ3n) is 6.85. The lowest BCUT2D eigenvalue weighted by Crippen LogP contribution is -2.46. The number of rotatable bonds is 9. The molecule has 1 saturated carbocycles. The van der Waals surface area contributed by atoms with Crippen LogP contribution in [0.15, 0.2) is 36.5 Å². The second-order valence-corrected chi connectivity index (χ2v) is 11.5. The van der Waals surface area contributed by atoms with Crippen molar-refractivity contribution < 1.29 is 23.5 Å². The van der Waals surface area contributed by atoms with Crippen LogP contribution in [0.3, 0.4) is 0 Å². The Balaban J connectivity index is 1.25. The molecule has 0 bridgehead atoms. The predicted octanol–water partition coefficient (Wildman–Crippen LogP) is 4.04. The van der Waals surface area contributed by atoms with Gasteiger partial charge in [0.15, 0.2) is 11.6 Å².